The minimum Gasteiger partial charge on any atom is -0.473 e. The highest BCUT2D eigenvalue weighted by atomic mass is 19.1. The number of nitrogens with zero attached hydrogens (tertiary/aromatic N) is 3. The number of ether oxygens (including phenoxy) is 1. The van der Waals surface area contributed by atoms with E-state index >= 15 is 0 Å². The summed E-state index contributed by atoms with van der Waals surface area (Å²) in [5.41, 5.74) is 1.11. The highest BCUT2D eigenvalue weighted by molar-refractivity contribution is 5.52. The lowest BCUT2D eigenvalue weighted by Crippen LogP contribution is -2.27. The van der Waals surface area contributed by atoms with Crippen molar-refractivity contribution in [3.8, 4) is 11.9 Å². The van der Waals surface area contributed by atoms with Crippen molar-refractivity contribution < 1.29 is 9.13 Å². The van der Waals surface area contributed by atoms with Crippen LogP contribution in [0.2, 0.25) is 0 Å². The molecular weight excluding hydrogens is 259 g/mol. The minimum atomic E-state index is -0.406. The lowest BCUT2D eigenvalue weighted by molar-refractivity contribution is 0.288. The number of pyridine rings is 1. The summed E-state index contributed by atoms with van der Waals surface area (Å²) < 4.78 is 19.2. The van der Waals surface area contributed by atoms with Crippen molar-refractivity contribution in [2.45, 2.75) is 6.61 Å². The molecule has 2 rings (SSSR count). The van der Waals surface area contributed by atoms with Gasteiger partial charge in [0.15, 0.2) is 0 Å². The molecule has 6 heteroatoms. The van der Waals surface area contributed by atoms with Gasteiger partial charge in [0.2, 0.25) is 5.88 Å². The van der Waals surface area contributed by atoms with Crippen molar-refractivity contribution in [2.24, 2.45) is 5.84 Å². The number of rotatable bonds is 4. The summed E-state index contributed by atoms with van der Waals surface area (Å²) in [4.78, 5) is 3.96. The molecule has 0 aliphatic heterocycles. The summed E-state index contributed by atoms with van der Waals surface area (Å²) >= 11 is 0. The number of hydrogen-bond donors (Lipinski definition) is 1. The predicted octanol–water partition coefficient (Wildman–Crippen LogP) is 1.98. The molecular formula is C14H13FN4O. The van der Waals surface area contributed by atoms with Gasteiger partial charge in [0.05, 0.1) is 5.69 Å². The first-order chi connectivity index (χ1) is 9.61. The Labute approximate surface area is 116 Å². The van der Waals surface area contributed by atoms with Crippen LogP contribution in [0.3, 0.4) is 0 Å². The van der Waals surface area contributed by atoms with Gasteiger partial charge in [-0.25, -0.2) is 15.2 Å². The van der Waals surface area contributed by atoms with Gasteiger partial charge >= 0.3 is 0 Å². The van der Waals surface area contributed by atoms with Gasteiger partial charge in [-0.2, -0.15) is 5.26 Å². The van der Waals surface area contributed by atoms with E-state index in [1.807, 2.05) is 6.07 Å². The number of anilines is 1. The van der Waals surface area contributed by atoms with Gasteiger partial charge in [0, 0.05) is 18.7 Å². The third-order valence-corrected chi connectivity index (χ3v) is 2.68. The predicted molar refractivity (Wildman–Crippen MR) is 72.3 cm³/mol. The van der Waals surface area contributed by atoms with Gasteiger partial charge in [-0.1, -0.05) is 12.1 Å². The Kier molecular flexibility index (Phi) is 4.13. The van der Waals surface area contributed by atoms with Gasteiger partial charge in [0.25, 0.3) is 0 Å². The topological polar surface area (TPSA) is 75.2 Å². The van der Waals surface area contributed by atoms with E-state index in [1.54, 1.807) is 37.4 Å². The molecule has 1 heterocycles. The Morgan fingerprint density at radius 1 is 1.35 bits per heavy atom. The molecule has 1 aromatic carbocycles. The van der Waals surface area contributed by atoms with Crippen LogP contribution in [-0.2, 0) is 6.61 Å². The molecule has 0 saturated heterocycles. The molecule has 5 nitrogen and oxygen atoms in total. The molecule has 1 aromatic heterocycles. The minimum absolute atomic E-state index is 0.0224. The van der Waals surface area contributed by atoms with E-state index in [4.69, 9.17) is 15.8 Å². The highest BCUT2D eigenvalue weighted by Gasteiger charge is 2.11. The normalized spacial score (nSPS) is 9.90. The maximum absolute atomic E-state index is 13.8. The van der Waals surface area contributed by atoms with E-state index in [0.717, 1.165) is 0 Å². The summed E-state index contributed by atoms with van der Waals surface area (Å²) in [7, 11) is 1.62. The fourth-order valence-electron chi connectivity index (χ4n) is 1.72. The standard InChI is InChI=1S/C14H13FN4O/c1-19(17)13-6-3-5-12(15)11(13)9-20-14-7-2-4-10(8-16)18-14/h2-7H,9,17H2,1H3. The van der Waals surface area contributed by atoms with Crippen molar-refractivity contribution in [1.82, 2.24) is 4.98 Å². The second-order valence-electron chi connectivity index (χ2n) is 4.11. The number of aromatic nitrogens is 1. The first-order valence-corrected chi connectivity index (χ1v) is 5.87. The van der Waals surface area contributed by atoms with Gasteiger partial charge in [0.1, 0.15) is 24.2 Å². The molecule has 2 aromatic rings. The van der Waals surface area contributed by atoms with Gasteiger partial charge in [-0.05, 0) is 18.2 Å². The molecule has 0 aliphatic rings. The number of hydrazine groups is 1. The third-order valence-electron chi connectivity index (χ3n) is 2.68. The fourth-order valence-corrected chi connectivity index (χ4v) is 1.72. The fraction of sp³-hybridized carbons (Fsp3) is 0.143. The average molecular weight is 272 g/mol. The second kappa shape index (κ2) is 5.99. The first kappa shape index (κ1) is 13.8. The Bertz CT molecular complexity index is 652. The van der Waals surface area contributed by atoms with Crippen LogP contribution in [0.25, 0.3) is 0 Å². The summed E-state index contributed by atoms with van der Waals surface area (Å²) in [6.45, 7) is -0.0224. The monoisotopic (exact) mass is 272 g/mol. The largest absolute Gasteiger partial charge is 0.473 e. The van der Waals surface area contributed by atoms with E-state index in [9.17, 15) is 4.39 Å². The van der Waals surface area contributed by atoms with Gasteiger partial charge in [-0.3, -0.25) is 0 Å². The van der Waals surface area contributed by atoms with Crippen molar-refractivity contribution in [1.29, 1.82) is 5.26 Å². The molecule has 0 spiro atoms. The Hall–Kier alpha value is -2.65. The number of nitrogens with two attached hydrogens (primary N) is 1. The summed E-state index contributed by atoms with van der Waals surface area (Å²) in [6.07, 6.45) is 0. The lowest BCUT2D eigenvalue weighted by atomic mass is 10.1. The molecule has 0 amide bonds. The van der Waals surface area contributed by atoms with Crippen molar-refractivity contribution in [3.05, 3.63) is 53.5 Å². The van der Waals surface area contributed by atoms with E-state index in [0.29, 0.717) is 11.3 Å². The Morgan fingerprint density at radius 3 is 2.80 bits per heavy atom. The summed E-state index contributed by atoms with van der Waals surface area (Å²) in [5.74, 6) is 5.51. The lowest BCUT2D eigenvalue weighted by Gasteiger charge is -2.17. The molecule has 0 atom stereocenters. The van der Waals surface area contributed by atoms with Gasteiger partial charge in [-0.15, -0.1) is 0 Å². The number of halogens is 1. The molecule has 102 valence electrons. The first-order valence-electron chi connectivity index (χ1n) is 5.87. The third kappa shape index (κ3) is 3.02. The zero-order chi connectivity index (χ0) is 14.5. The zero-order valence-electron chi connectivity index (χ0n) is 10.9. The van der Waals surface area contributed by atoms with E-state index in [1.165, 1.54) is 11.1 Å². The van der Waals surface area contributed by atoms with E-state index < -0.39 is 5.82 Å². The van der Waals surface area contributed by atoms with Crippen LogP contribution in [-0.4, -0.2) is 12.0 Å². The zero-order valence-corrected chi connectivity index (χ0v) is 10.9. The van der Waals surface area contributed by atoms with E-state index in [-0.39, 0.29) is 18.2 Å². The molecule has 0 radical (unpaired) electrons. The van der Waals surface area contributed by atoms with Crippen molar-refractivity contribution in [2.75, 3.05) is 12.1 Å². The molecule has 0 bridgehead atoms. The van der Waals surface area contributed by atoms with Crippen LogP contribution in [0, 0.1) is 17.1 Å². The van der Waals surface area contributed by atoms with Crippen molar-refractivity contribution >= 4 is 5.69 Å². The maximum Gasteiger partial charge on any atom is 0.214 e. The van der Waals surface area contributed by atoms with Crippen LogP contribution in [0.5, 0.6) is 5.88 Å². The van der Waals surface area contributed by atoms with Crippen LogP contribution < -0.4 is 15.6 Å². The quantitative estimate of drug-likeness (QED) is 0.680. The van der Waals surface area contributed by atoms with Gasteiger partial charge < -0.3 is 9.75 Å². The molecule has 0 unspecified atom stereocenters. The highest BCUT2D eigenvalue weighted by Crippen LogP contribution is 2.22. The van der Waals surface area contributed by atoms with Crippen LogP contribution in [0.15, 0.2) is 36.4 Å². The molecule has 0 saturated carbocycles. The smallest absolute Gasteiger partial charge is 0.214 e. The number of nitriles is 1. The number of benzene rings is 1. The molecule has 0 fully saturated rings. The van der Waals surface area contributed by atoms with Crippen LogP contribution in [0.4, 0.5) is 10.1 Å². The Balaban J connectivity index is 2.21. The second-order valence-corrected chi connectivity index (χ2v) is 4.11. The summed E-state index contributed by atoms with van der Waals surface area (Å²) in [5, 5.41) is 10.1. The molecule has 2 N–H and O–H groups in total. The summed E-state index contributed by atoms with van der Waals surface area (Å²) in [6, 6.07) is 11.3. The SMILES string of the molecule is CN(N)c1cccc(F)c1COc1cccc(C#N)n1. The van der Waals surface area contributed by atoms with Crippen molar-refractivity contribution in [3.63, 3.8) is 0 Å². The number of hydrogen-bond acceptors (Lipinski definition) is 5. The van der Waals surface area contributed by atoms with Crippen LogP contribution in [0.1, 0.15) is 11.3 Å². The maximum atomic E-state index is 13.8. The van der Waals surface area contributed by atoms with Crippen LogP contribution >= 0.6 is 0 Å². The average Bonchev–Trinajstić information content (AvgIpc) is 2.45. The molecule has 0 aliphatic carbocycles. The molecule has 20 heavy (non-hydrogen) atoms. The Morgan fingerprint density at radius 2 is 2.10 bits per heavy atom. The van der Waals surface area contributed by atoms with E-state index in [2.05, 4.69) is 4.98 Å².